The monoisotopic (exact) mass is 429 g/mol. The van der Waals surface area contributed by atoms with Crippen molar-refractivity contribution in [1.82, 2.24) is 0 Å². The molecule has 0 saturated heterocycles. The molecule has 1 radical (unpaired) electrons. The maximum atomic E-state index is 11.5. The molecule has 0 aliphatic rings. The molecule has 0 saturated carbocycles. The molecule has 0 aliphatic heterocycles. The summed E-state index contributed by atoms with van der Waals surface area (Å²) in [6.45, 7) is 4.67. The largest absolute Gasteiger partial charge is 0.466 e. The van der Waals surface area contributed by atoms with Gasteiger partial charge in [-0.3, -0.25) is 9.35 Å². The van der Waals surface area contributed by atoms with Gasteiger partial charge in [0.05, 0.1) is 12.4 Å². The standard InChI is InChI=1S/C21H42O5S.Na/c1-3-20(2)16-13-11-9-7-5-4-6-8-10-12-14-17-21(22)26-18-15-19-27(23,24)25;/h20H,3-19H2,1-2H3,(H,23,24,25);. The summed E-state index contributed by atoms with van der Waals surface area (Å²) in [6.07, 6.45) is 16.9. The summed E-state index contributed by atoms with van der Waals surface area (Å²) in [7, 11) is -3.96. The third-order valence-corrected chi connectivity index (χ3v) is 5.89. The fraction of sp³-hybridized carbons (Fsp3) is 0.952. The predicted molar refractivity (Wildman–Crippen MR) is 117 cm³/mol. The van der Waals surface area contributed by atoms with Crippen LogP contribution in [0.1, 0.15) is 110 Å². The van der Waals surface area contributed by atoms with Gasteiger partial charge in [-0.15, -0.1) is 0 Å². The van der Waals surface area contributed by atoms with Crippen LogP contribution in [0.25, 0.3) is 0 Å². The second-order valence-corrected chi connectivity index (χ2v) is 9.37. The Morgan fingerprint density at radius 2 is 1.32 bits per heavy atom. The Hall–Kier alpha value is 0.380. The fourth-order valence-corrected chi connectivity index (χ4v) is 3.54. The number of hydrogen-bond donors (Lipinski definition) is 1. The van der Waals surface area contributed by atoms with Crippen LogP contribution in [0.4, 0.5) is 0 Å². The van der Waals surface area contributed by atoms with Crippen LogP contribution < -0.4 is 0 Å². The molecule has 0 spiro atoms. The third kappa shape index (κ3) is 24.4. The average Bonchev–Trinajstić information content (AvgIpc) is 2.61. The first-order chi connectivity index (χ1) is 12.8. The van der Waals surface area contributed by atoms with Crippen LogP contribution in [0.3, 0.4) is 0 Å². The molecule has 0 aliphatic carbocycles. The molecule has 163 valence electrons. The van der Waals surface area contributed by atoms with Crippen LogP contribution in [0.2, 0.25) is 0 Å². The molecule has 0 amide bonds. The molecule has 5 nitrogen and oxygen atoms in total. The number of ether oxygens (including phenoxy) is 1. The van der Waals surface area contributed by atoms with Gasteiger partial charge >= 0.3 is 5.97 Å². The van der Waals surface area contributed by atoms with Gasteiger partial charge in [0.15, 0.2) is 0 Å². The SMILES string of the molecule is CCC(C)CCCCCCCCCCCCCC(=O)OCCCS(=O)(=O)O.[Na]. The van der Waals surface area contributed by atoms with E-state index in [1.165, 1.54) is 64.2 Å². The smallest absolute Gasteiger partial charge is 0.305 e. The molecule has 28 heavy (non-hydrogen) atoms. The summed E-state index contributed by atoms with van der Waals surface area (Å²) in [4.78, 5) is 11.5. The van der Waals surface area contributed by atoms with Crippen LogP contribution in [-0.4, -0.2) is 60.9 Å². The zero-order valence-corrected chi connectivity index (χ0v) is 21.4. The van der Waals surface area contributed by atoms with E-state index < -0.39 is 10.1 Å². The van der Waals surface area contributed by atoms with Crippen LogP contribution in [0, 0.1) is 5.92 Å². The molecule has 1 atom stereocenters. The average molecular weight is 430 g/mol. The van der Waals surface area contributed by atoms with E-state index in [4.69, 9.17) is 9.29 Å². The Balaban J connectivity index is 0. The number of unbranched alkanes of at least 4 members (excludes halogenated alkanes) is 10. The molecule has 7 heteroatoms. The van der Waals surface area contributed by atoms with Crippen LogP contribution in [0.5, 0.6) is 0 Å². The first-order valence-electron chi connectivity index (χ1n) is 11.0. The summed E-state index contributed by atoms with van der Waals surface area (Å²) < 4.78 is 34.6. The number of rotatable bonds is 19. The zero-order valence-electron chi connectivity index (χ0n) is 18.6. The third-order valence-electron chi connectivity index (χ3n) is 5.08. The number of carbonyl (C=O) groups is 1. The zero-order chi connectivity index (χ0) is 20.4. The second kappa shape index (κ2) is 20.6. The summed E-state index contributed by atoms with van der Waals surface area (Å²) in [5.74, 6) is 0.244. The van der Waals surface area contributed by atoms with E-state index in [9.17, 15) is 13.2 Å². The van der Waals surface area contributed by atoms with E-state index >= 15 is 0 Å². The van der Waals surface area contributed by atoms with Crippen molar-refractivity contribution in [3.8, 4) is 0 Å². The molecule has 0 aromatic heterocycles. The summed E-state index contributed by atoms with van der Waals surface area (Å²) >= 11 is 0. The van der Waals surface area contributed by atoms with E-state index in [0.717, 1.165) is 25.2 Å². The van der Waals surface area contributed by atoms with Gasteiger partial charge in [0.1, 0.15) is 0 Å². The first kappa shape index (κ1) is 30.6. The molecule has 0 rings (SSSR count). The summed E-state index contributed by atoms with van der Waals surface area (Å²) in [5.41, 5.74) is 0. The first-order valence-corrected chi connectivity index (χ1v) is 12.6. The molecule has 0 fully saturated rings. The van der Waals surface area contributed by atoms with Crippen molar-refractivity contribution in [3.63, 3.8) is 0 Å². The van der Waals surface area contributed by atoms with Gasteiger partial charge in [-0.25, -0.2) is 0 Å². The molecule has 0 bridgehead atoms. The van der Waals surface area contributed by atoms with Gasteiger partial charge in [-0.2, -0.15) is 8.42 Å². The quantitative estimate of drug-likeness (QED) is 0.126. The molecule has 0 aromatic carbocycles. The maximum absolute atomic E-state index is 11.5. The number of esters is 1. The van der Waals surface area contributed by atoms with E-state index in [0.29, 0.717) is 6.42 Å². The Kier molecular flexibility index (Phi) is 22.5. The van der Waals surface area contributed by atoms with Crippen molar-refractivity contribution >= 4 is 45.6 Å². The number of carbonyl (C=O) groups excluding carboxylic acids is 1. The minimum absolute atomic E-state index is 0. The van der Waals surface area contributed by atoms with Crippen LogP contribution in [-0.2, 0) is 19.6 Å². The van der Waals surface area contributed by atoms with Crippen molar-refractivity contribution in [2.45, 2.75) is 110 Å². The minimum Gasteiger partial charge on any atom is -0.466 e. The van der Waals surface area contributed by atoms with Crippen LogP contribution >= 0.6 is 0 Å². The Labute approximate surface area is 195 Å². The molecule has 0 heterocycles. The van der Waals surface area contributed by atoms with E-state index in [2.05, 4.69) is 13.8 Å². The molecule has 0 aromatic rings. The van der Waals surface area contributed by atoms with Gasteiger partial charge in [-0.05, 0) is 18.8 Å². The fourth-order valence-electron chi connectivity index (χ4n) is 3.06. The van der Waals surface area contributed by atoms with Crippen molar-refractivity contribution in [2.75, 3.05) is 12.4 Å². The van der Waals surface area contributed by atoms with Gasteiger partial charge in [0, 0.05) is 36.0 Å². The van der Waals surface area contributed by atoms with Crippen molar-refractivity contribution in [2.24, 2.45) is 5.92 Å². The normalized spacial score (nSPS) is 12.4. The topological polar surface area (TPSA) is 80.7 Å². The Morgan fingerprint density at radius 1 is 0.857 bits per heavy atom. The number of hydrogen-bond acceptors (Lipinski definition) is 4. The van der Waals surface area contributed by atoms with Gasteiger partial charge < -0.3 is 4.74 Å². The molecular weight excluding hydrogens is 387 g/mol. The summed E-state index contributed by atoms with van der Waals surface area (Å²) in [6, 6.07) is 0. The van der Waals surface area contributed by atoms with Crippen LogP contribution in [0.15, 0.2) is 0 Å². The van der Waals surface area contributed by atoms with Crippen molar-refractivity contribution in [3.05, 3.63) is 0 Å². The predicted octanol–water partition coefficient (Wildman–Crippen LogP) is 5.54. The van der Waals surface area contributed by atoms with Crippen molar-refractivity contribution in [1.29, 1.82) is 0 Å². The maximum Gasteiger partial charge on any atom is 0.305 e. The van der Waals surface area contributed by atoms with E-state index in [-0.39, 0.29) is 54.3 Å². The molecular formula is C21H42NaO5S. The van der Waals surface area contributed by atoms with Gasteiger partial charge in [0.2, 0.25) is 0 Å². The minimum atomic E-state index is -3.96. The van der Waals surface area contributed by atoms with E-state index in [1.54, 1.807) is 0 Å². The molecule has 1 unspecified atom stereocenters. The Bertz CT molecular complexity index is 454. The Morgan fingerprint density at radius 3 is 1.79 bits per heavy atom. The second-order valence-electron chi connectivity index (χ2n) is 7.80. The van der Waals surface area contributed by atoms with Gasteiger partial charge in [0.25, 0.3) is 10.1 Å². The van der Waals surface area contributed by atoms with E-state index in [1.807, 2.05) is 0 Å². The van der Waals surface area contributed by atoms with Gasteiger partial charge in [-0.1, -0.05) is 90.9 Å². The molecule has 1 N–H and O–H groups in total. The van der Waals surface area contributed by atoms with Crippen molar-refractivity contribution < 1.29 is 22.5 Å². The summed E-state index contributed by atoms with van der Waals surface area (Å²) in [5, 5.41) is 0.